The smallest absolute Gasteiger partial charge is 0.0714 e. The molecule has 1 nitrogen and oxygen atoms in total. The normalized spacial score (nSPS) is 14.4. The third kappa shape index (κ3) is 6.09. The molecule has 76 heavy (non-hydrogen) atoms. The summed E-state index contributed by atoms with van der Waals surface area (Å²) in [6.07, 6.45) is 0. The fourth-order valence-corrected chi connectivity index (χ4v) is 14.2. The molecule has 3 aliphatic rings. The molecule has 0 fully saturated rings. The van der Waals surface area contributed by atoms with Crippen molar-refractivity contribution in [3.8, 4) is 33.4 Å². The topological polar surface area (TPSA) is 3.24 Å². The number of rotatable bonds is 9. The minimum Gasteiger partial charge on any atom is -0.310 e. The quantitative estimate of drug-likeness (QED) is 0.139. The van der Waals surface area contributed by atoms with Gasteiger partial charge < -0.3 is 4.90 Å². The van der Waals surface area contributed by atoms with E-state index in [1.165, 1.54) is 100 Å². The van der Waals surface area contributed by atoms with E-state index >= 15 is 0 Å². The molecule has 0 unspecified atom stereocenters. The number of benzene rings is 12. The standard InChI is InChI=1S/C75H51N/c1-7-25-52(26-8-1)73(53-27-9-2-10-28-53)68-41-23-20-38-62(68)65-49-58(44-47-70(65)73)76(59-45-48-71-66(50-59)63-39-21-24-42-69(63)74(71,54-29-11-3-12-30-54)55-31-13-4-14-32-55)60-43-46-64-61-37-19-22-40-67(61)75(72(64)51-60,56-33-15-5-16-34-56)57-35-17-6-18-36-57/h1-51H. The molecule has 1 heteroatoms. The van der Waals surface area contributed by atoms with Gasteiger partial charge in [0.1, 0.15) is 0 Å². The lowest BCUT2D eigenvalue weighted by Crippen LogP contribution is -2.29. The van der Waals surface area contributed by atoms with Crippen LogP contribution in [-0.2, 0) is 16.2 Å². The first-order chi connectivity index (χ1) is 37.7. The Bertz CT molecular complexity index is 3850. The van der Waals surface area contributed by atoms with Crippen LogP contribution >= 0.6 is 0 Å². The van der Waals surface area contributed by atoms with E-state index in [0.717, 1.165) is 17.1 Å². The molecule has 12 aromatic rings. The number of hydrogen-bond acceptors (Lipinski definition) is 1. The average molecular weight is 966 g/mol. The summed E-state index contributed by atoms with van der Waals surface area (Å²) in [5.74, 6) is 0. The molecule has 0 heterocycles. The summed E-state index contributed by atoms with van der Waals surface area (Å²) in [5.41, 5.74) is 24.4. The summed E-state index contributed by atoms with van der Waals surface area (Å²) in [6.45, 7) is 0. The van der Waals surface area contributed by atoms with Gasteiger partial charge in [0.05, 0.1) is 16.2 Å². The largest absolute Gasteiger partial charge is 0.310 e. The van der Waals surface area contributed by atoms with Gasteiger partial charge in [0, 0.05) is 17.1 Å². The van der Waals surface area contributed by atoms with Crippen molar-refractivity contribution in [3.63, 3.8) is 0 Å². The van der Waals surface area contributed by atoms with Gasteiger partial charge in [0.15, 0.2) is 0 Å². The Morgan fingerprint density at radius 1 is 0.171 bits per heavy atom. The molecule has 0 bridgehead atoms. The van der Waals surface area contributed by atoms with Crippen LogP contribution in [0, 0.1) is 0 Å². The Kier molecular flexibility index (Phi) is 9.99. The summed E-state index contributed by atoms with van der Waals surface area (Å²) in [4.78, 5) is 2.53. The van der Waals surface area contributed by atoms with E-state index in [9.17, 15) is 0 Å². The predicted molar refractivity (Wildman–Crippen MR) is 313 cm³/mol. The van der Waals surface area contributed by atoms with Gasteiger partial charge in [-0.15, -0.1) is 0 Å². The highest BCUT2D eigenvalue weighted by atomic mass is 15.1. The first-order valence-corrected chi connectivity index (χ1v) is 26.6. The van der Waals surface area contributed by atoms with Crippen LogP contribution in [0.3, 0.4) is 0 Å². The van der Waals surface area contributed by atoms with E-state index in [2.05, 4.69) is 314 Å². The van der Waals surface area contributed by atoms with E-state index in [-0.39, 0.29) is 0 Å². The van der Waals surface area contributed by atoms with Gasteiger partial charge in [0.2, 0.25) is 0 Å². The van der Waals surface area contributed by atoms with Crippen molar-refractivity contribution in [3.05, 3.63) is 376 Å². The zero-order valence-corrected chi connectivity index (χ0v) is 41.9. The molecular formula is C75H51N. The Balaban J connectivity index is 1.02. The van der Waals surface area contributed by atoms with E-state index < -0.39 is 16.2 Å². The van der Waals surface area contributed by atoms with E-state index in [1.54, 1.807) is 0 Å². The third-order valence-corrected chi connectivity index (χ3v) is 17.1. The summed E-state index contributed by atoms with van der Waals surface area (Å²) < 4.78 is 0. The van der Waals surface area contributed by atoms with Crippen LogP contribution in [0.2, 0.25) is 0 Å². The monoisotopic (exact) mass is 965 g/mol. The Hall–Kier alpha value is -9.56. The van der Waals surface area contributed by atoms with Crippen molar-refractivity contribution in [2.45, 2.75) is 16.2 Å². The van der Waals surface area contributed by atoms with E-state index in [4.69, 9.17) is 0 Å². The molecule has 0 radical (unpaired) electrons. The van der Waals surface area contributed by atoms with Crippen molar-refractivity contribution in [1.82, 2.24) is 0 Å². The number of anilines is 3. The SMILES string of the molecule is c1ccc(C2(c3ccccc3)c3ccccc3-c3cc(N(c4ccc5c(c4)-c4ccccc4C5(c4ccccc4)c4ccccc4)c4ccc5c(c4)C(c4ccccc4)(c4ccccc4)c4ccccc4-5)ccc32)cc1. The Labute approximate surface area is 445 Å². The van der Waals surface area contributed by atoms with Crippen LogP contribution in [0.25, 0.3) is 33.4 Å². The number of fused-ring (bicyclic) bond motifs is 9. The second kappa shape index (κ2) is 17.3. The second-order valence-corrected chi connectivity index (χ2v) is 20.6. The summed E-state index contributed by atoms with van der Waals surface area (Å²) in [5, 5.41) is 0. The average Bonchev–Trinajstić information content (AvgIpc) is 4.16. The van der Waals surface area contributed by atoms with Gasteiger partial charge in [-0.2, -0.15) is 0 Å². The van der Waals surface area contributed by atoms with Crippen LogP contribution in [0.4, 0.5) is 17.1 Å². The van der Waals surface area contributed by atoms with Gasteiger partial charge >= 0.3 is 0 Å². The van der Waals surface area contributed by atoms with Crippen LogP contribution in [-0.4, -0.2) is 0 Å². The van der Waals surface area contributed by atoms with Crippen LogP contribution in [0.5, 0.6) is 0 Å². The fourth-order valence-electron chi connectivity index (χ4n) is 14.2. The lowest BCUT2D eigenvalue weighted by molar-refractivity contribution is 0.767. The van der Waals surface area contributed by atoms with Crippen molar-refractivity contribution in [2.24, 2.45) is 0 Å². The molecule has 3 aliphatic carbocycles. The van der Waals surface area contributed by atoms with Crippen molar-refractivity contribution in [1.29, 1.82) is 0 Å². The minimum atomic E-state index is -0.570. The zero-order chi connectivity index (χ0) is 50.3. The van der Waals surface area contributed by atoms with Gasteiger partial charge in [-0.1, -0.05) is 273 Å². The summed E-state index contributed by atoms with van der Waals surface area (Å²) in [6, 6.07) is 116. The lowest BCUT2D eigenvalue weighted by Gasteiger charge is -2.35. The first kappa shape index (κ1) is 44.0. The molecule has 0 N–H and O–H groups in total. The van der Waals surface area contributed by atoms with Crippen molar-refractivity contribution >= 4 is 17.1 Å². The molecule has 0 saturated carbocycles. The fraction of sp³-hybridized carbons (Fsp3) is 0.0400. The Morgan fingerprint density at radius 3 is 0.750 bits per heavy atom. The summed E-state index contributed by atoms with van der Waals surface area (Å²) >= 11 is 0. The molecule has 12 aromatic carbocycles. The minimum absolute atomic E-state index is 0.516. The second-order valence-electron chi connectivity index (χ2n) is 20.6. The van der Waals surface area contributed by atoms with E-state index in [0.29, 0.717) is 0 Å². The first-order valence-electron chi connectivity index (χ1n) is 26.6. The van der Waals surface area contributed by atoms with Crippen LogP contribution in [0.15, 0.2) is 309 Å². The molecule has 0 amide bonds. The molecule has 0 aliphatic heterocycles. The van der Waals surface area contributed by atoms with Crippen LogP contribution < -0.4 is 4.90 Å². The van der Waals surface area contributed by atoms with Gasteiger partial charge in [0.25, 0.3) is 0 Å². The highest BCUT2D eigenvalue weighted by molar-refractivity contribution is 5.95. The highest BCUT2D eigenvalue weighted by Gasteiger charge is 2.49. The zero-order valence-electron chi connectivity index (χ0n) is 41.9. The molecule has 0 aromatic heterocycles. The van der Waals surface area contributed by atoms with E-state index in [1.807, 2.05) is 0 Å². The number of nitrogens with zero attached hydrogens (tertiary/aromatic N) is 1. The summed E-state index contributed by atoms with van der Waals surface area (Å²) in [7, 11) is 0. The predicted octanol–water partition coefficient (Wildman–Crippen LogP) is 18.2. The van der Waals surface area contributed by atoms with Gasteiger partial charge in [-0.25, -0.2) is 0 Å². The maximum atomic E-state index is 2.53. The Morgan fingerprint density at radius 2 is 0.408 bits per heavy atom. The third-order valence-electron chi connectivity index (χ3n) is 17.1. The maximum Gasteiger partial charge on any atom is 0.0714 e. The lowest BCUT2D eigenvalue weighted by atomic mass is 9.67. The van der Waals surface area contributed by atoms with Gasteiger partial charge in [-0.05, 0) is 137 Å². The number of hydrogen-bond donors (Lipinski definition) is 0. The molecule has 0 spiro atoms. The van der Waals surface area contributed by atoms with Crippen molar-refractivity contribution < 1.29 is 0 Å². The molecule has 0 saturated heterocycles. The molecule has 356 valence electrons. The molecule has 15 rings (SSSR count). The molecular weight excluding hydrogens is 915 g/mol. The van der Waals surface area contributed by atoms with Gasteiger partial charge in [-0.3, -0.25) is 0 Å². The van der Waals surface area contributed by atoms with Crippen molar-refractivity contribution in [2.75, 3.05) is 4.90 Å². The van der Waals surface area contributed by atoms with Crippen LogP contribution in [0.1, 0.15) is 66.8 Å². The highest BCUT2D eigenvalue weighted by Crippen LogP contribution is 2.61. The maximum absolute atomic E-state index is 2.53. The molecule has 0 atom stereocenters.